The second kappa shape index (κ2) is 5.81. The standard InChI is InChI=1S/C14H14Cl2FN3O/c15-7-13-19-11-6-10(17)9(16)5-12(11)20(13)4-3-18-14(21)8-1-2-8/h5-6,8H,1-4,7H2,(H,18,21). The lowest BCUT2D eigenvalue weighted by atomic mass is 10.3. The third kappa shape index (κ3) is 2.99. The zero-order valence-corrected chi connectivity index (χ0v) is 12.7. The van der Waals surface area contributed by atoms with Crippen LogP contribution in [-0.4, -0.2) is 22.0 Å². The third-order valence-electron chi connectivity index (χ3n) is 3.57. The largest absolute Gasteiger partial charge is 0.354 e. The summed E-state index contributed by atoms with van der Waals surface area (Å²) < 4.78 is 15.3. The summed E-state index contributed by atoms with van der Waals surface area (Å²) in [6, 6.07) is 2.84. The second-order valence-corrected chi connectivity index (χ2v) is 5.81. The summed E-state index contributed by atoms with van der Waals surface area (Å²) in [6.45, 7) is 1.01. The summed E-state index contributed by atoms with van der Waals surface area (Å²) in [6.07, 6.45) is 1.95. The van der Waals surface area contributed by atoms with E-state index >= 15 is 0 Å². The number of carbonyl (C=O) groups is 1. The van der Waals surface area contributed by atoms with Gasteiger partial charge >= 0.3 is 0 Å². The lowest BCUT2D eigenvalue weighted by Gasteiger charge is -2.09. The minimum absolute atomic E-state index is 0.0480. The maximum absolute atomic E-state index is 13.5. The van der Waals surface area contributed by atoms with Gasteiger partial charge in [0.1, 0.15) is 11.6 Å². The topological polar surface area (TPSA) is 46.9 Å². The molecule has 2 aromatic rings. The van der Waals surface area contributed by atoms with E-state index in [1.165, 1.54) is 12.1 Å². The normalized spacial score (nSPS) is 14.6. The highest BCUT2D eigenvalue weighted by atomic mass is 35.5. The summed E-state index contributed by atoms with van der Waals surface area (Å²) in [5, 5.41) is 2.94. The van der Waals surface area contributed by atoms with Crippen molar-refractivity contribution in [1.82, 2.24) is 14.9 Å². The Kier molecular flexibility index (Phi) is 4.04. The molecular formula is C14H14Cl2FN3O. The number of nitrogens with one attached hydrogen (secondary N) is 1. The fourth-order valence-corrected chi connectivity index (χ4v) is 2.66. The number of imidazole rings is 1. The minimum atomic E-state index is -0.503. The van der Waals surface area contributed by atoms with Crippen molar-refractivity contribution in [3.05, 3.63) is 28.8 Å². The number of hydrogen-bond acceptors (Lipinski definition) is 2. The van der Waals surface area contributed by atoms with Crippen molar-refractivity contribution in [3.8, 4) is 0 Å². The van der Waals surface area contributed by atoms with Gasteiger partial charge in [-0.25, -0.2) is 9.37 Å². The lowest BCUT2D eigenvalue weighted by molar-refractivity contribution is -0.122. The molecule has 1 N–H and O–H groups in total. The van der Waals surface area contributed by atoms with E-state index in [9.17, 15) is 9.18 Å². The Balaban J connectivity index is 1.81. The molecule has 1 aromatic carbocycles. The molecule has 0 atom stereocenters. The Morgan fingerprint density at radius 3 is 2.90 bits per heavy atom. The highest BCUT2D eigenvalue weighted by Crippen LogP contribution is 2.28. The molecule has 0 unspecified atom stereocenters. The molecule has 0 bridgehead atoms. The first kappa shape index (κ1) is 14.6. The fourth-order valence-electron chi connectivity index (χ4n) is 2.30. The van der Waals surface area contributed by atoms with Crippen molar-refractivity contribution in [3.63, 3.8) is 0 Å². The van der Waals surface area contributed by atoms with Crippen LogP contribution in [0.25, 0.3) is 11.0 Å². The summed E-state index contributed by atoms with van der Waals surface area (Å²) in [5.41, 5.74) is 1.23. The van der Waals surface area contributed by atoms with Crippen LogP contribution in [0.5, 0.6) is 0 Å². The van der Waals surface area contributed by atoms with Gasteiger partial charge in [-0.15, -0.1) is 11.6 Å². The molecule has 1 saturated carbocycles. The van der Waals surface area contributed by atoms with E-state index in [4.69, 9.17) is 23.2 Å². The quantitative estimate of drug-likeness (QED) is 0.857. The Labute approximate surface area is 131 Å². The van der Waals surface area contributed by atoms with Gasteiger partial charge in [-0.1, -0.05) is 11.6 Å². The first-order chi connectivity index (χ1) is 10.1. The van der Waals surface area contributed by atoms with Gasteiger partial charge < -0.3 is 9.88 Å². The van der Waals surface area contributed by atoms with Crippen LogP contribution in [0.2, 0.25) is 5.02 Å². The molecule has 0 spiro atoms. The van der Waals surface area contributed by atoms with E-state index in [2.05, 4.69) is 10.3 Å². The van der Waals surface area contributed by atoms with E-state index in [1.807, 2.05) is 4.57 Å². The molecule has 1 amide bonds. The zero-order valence-electron chi connectivity index (χ0n) is 11.2. The van der Waals surface area contributed by atoms with Gasteiger partial charge in [-0.05, 0) is 18.9 Å². The molecule has 3 rings (SSSR count). The van der Waals surface area contributed by atoms with Gasteiger partial charge in [0.2, 0.25) is 5.91 Å². The number of fused-ring (bicyclic) bond motifs is 1. The predicted molar refractivity (Wildman–Crippen MR) is 80.0 cm³/mol. The van der Waals surface area contributed by atoms with Gasteiger partial charge in [-0.2, -0.15) is 0 Å². The highest BCUT2D eigenvalue weighted by molar-refractivity contribution is 6.31. The lowest BCUT2D eigenvalue weighted by Crippen LogP contribution is -2.28. The van der Waals surface area contributed by atoms with E-state index in [0.717, 1.165) is 18.4 Å². The van der Waals surface area contributed by atoms with Gasteiger partial charge in [-0.3, -0.25) is 4.79 Å². The Hall–Kier alpha value is -1.33. The van der Waals surface area contributed by atoms with Crippen LogP contribution in [0.1, 0.15) is 18.7 Å². The molecule has 21 heavy (non-hydrogen) atoms. The van der Waals surface area contributed by atoms with Gasteiger partial charge in [0.05, 0.1) is 21.9 Å². The van der Waals surface area contributed by atoms with E-state index in [-0.39, 0.29) is 22.7 Å². The summed E-state index contributed by atoms with van der Waals surface area (Å²) in [7, 11) is 0. The molecule has 0 aliphatic heterocycles. The van der Waals surface area contributed by atoms with Crippen molar-refractivity contribution in [2.24, 2.45) is 5.92 Å². The zero-order chi connectivity index (χ0) is 15.0. The SMILES string of the molecule is O=C(NCCn1c(CCl)nc2cc(F)c(Cl)cc21)C1CC1. The Morgan fingerprint density at radius 1 is 1.48 bits per heavy atom. The number of rotatable bonds is 5. The molecule has 0 radical (unpaired) electrons. The van der Waals surface area contributed by atoms with Crippen molar-refractivity contribution < 1.29 is 9.18 Å². The van der Waals surface area contributed by atoms with Crippen molar-refractivity contribution in [1.29, 1.82) is 0 Å². The van der Waals surface area contributed by atoms with Crippen LogP contribution in [-0.2, 0) is 17.2 Å². The molecular weight excluding hydrogens is 316 g/mol. The fraction of sp³-hybridized carbons (Fsp3) is 0.429. The number of nitrogens with zero attached hydrogens (tertiary/aromatic N) is 2. The minimum Gasteiger partial charge on any atom is -0.354 e. The monoisotopic (exact) mass is 329 g/mol. The molecule has 1 aliphatic carbocycles. The van der Waals surface area contributed by atoms with Crippen molar-refractivity contribution in [2.75, 3.05) is 6.54 Å². The maximum atomic E-state index is 13.5. The molecule has 1 aromatic heterocycles. The van der Waals surface area contributed by atoms with Crippen LogP contribution in [0.3, 0.4) is 0 Å². The average molecular weight is 330 g/mol. The molecule has 1 fully saturated rings. The number of amides is 1. The molecule has 1 aliphatic rings. The average Bonchev–Trinajstić information content (AvgIpc) is 3.25. The second-order valence-electron chi connectivity index (χ2n) is 5.13. The summed E-state index contributed by atoms with van der Waals surface area (Å²) >= 11 is 11.7. The van der Waals surface area contributed by atoms with Crippen LogP contribution < -0.4 is 5.32 Å². The van der Waals surface area contributed by atoms with E-state index in [1.54, 1.807) is 0 Å². The maximum Gasteiger partial charge on any atom is 0.223 e. The van der Waals surface area contributed by atoms with Crippen molar-refractivity contribution in [2.45, 2.75) is 25.3 Å². The molecule has 0 saturated heterocycles. The third-order valence-corrected chi connectivity index (χ3v) is 4.10. The molecule has 112 valence electrons. The van der Waals surface area contributed by atoms with E-state index in [0.29, 0.717) is 24.4 Å². The predicted octanol–water partition coefficient (Wildman–Crippen LogP) is 3.09. The van der Waals surface area contributed by atoms with Crippen LogP contribution in [0.4, 0.5) is 4.39 Å². The number of benzene rings is 1. The Bertz CT molecular complexity index is 697. The first-order valence-corrected chi connectivity index (χ1v) is 7.69. The number of carbonyl (C=O) groups excluding carboxylic acids is 1. The molecule has 4 nitrogen and oxygen atoms in total. The number of alkyl halides is 1. The van der Waals surface area contributed by atoms with Crippen LogP contribution >= 0.6 is 23.2 Å². The van der Waals surface area contributed by atoms with Crippen LogP contribution in [0, 0.1) is 11.7 Å². The summed E-state index contributed by atoms with van der Waals surface area (Å²) in [5.74, 6) is 0.618. The van der Waals surface area contributed by atoms with E-state index < -0.39 is 5.82 Å². The van der Waals surface area contributed by atoms with Crippen molar-refractivity contribution >= 4 is 40.1 Å². The Morgan fingerprint density at radius 2 is 2.24 bits per heavy atom. The van der Waals surface area contributed by atoms with Crippen LogP contribution in [0.15, 0.2) is 12.1 Å². The highest BCUT2D eigenvalue weighted by Gasteiger charge is 2.29. The molecule has 1 heterocycles. The smallest absolute Gasteiger partial charge is 0.223 e. The van der Waals surface area contributed by atoms with Gasteiger partial charge in [0.15, 0.2) is 0 Å². The number of aromatic nitrogens is 2. The first-order valence-electron chi connectivity index (χ1n) is 6.78. The van der Waals surface area contributed by atoms with Gasteiger partial charge in [0.25, 0.3) is 0 Å². The van der Waals surface area contributed by atoms with Gasteiger partial charge in [0, 0.05) is 25.1 Å². The number of hydrogen-bond donors (Lipinski definition) is 1. The number of halogens is 3. The molecule has 7 heteroatoms. The summed E-state index contributed by atoms with van der Waals surface area (Å²) in [4.78, 5) is 15.9.